The Bertz CT molecular complexity index is 322. The zero-order chi connectivity index (χ0) is 8.84. The zero-order valence-electron chi connectivity index (χ0n) is 8.29. The topological polar surface area (TPSA) is 9.23 Å². The van der Waals surface area contributed by atoms with E-state index in [1.165, 1.54) is 12.5 Å². The van der Waals surface area contributed by atoms with Gasteiger partial charge in [-0.15, -0.1) is 0 Å². The van der Waals surface area contributed by atoms with Gasteiger partial charge in [-0.3, -0.25) is 0 Å². The van der Waals surface area contributed by atoms with Gasteiger partial charge in [-0.1, -0.05) is 12.2 Å². The number of rotatable bonds is 0. The normalized spacial score (nSPS) is 63.8. The number of hydrogen-bond donors (Lipinski definition) is 0. The van der Waals surface area contributed by atoms with Crippen LogP contribution < -0.4 is 0 Å². The van der Waals surface area contributed by atoms with Crippen LogP contribution in [0.4, 0.5) is 0 Å². The van der Waals surface area contributed by atoms with E-state index in [2.05, 4.69) is 25.2 Å². The molecule has 2 unspecified atom stereocenters. The van der Waals surface area contributed by atoms with Crippen LogP contribution in [0, 0.1) is 23.7 Å². The van der Waals surface area contributed by atoms with Crippen molar-refractivity contribution in [3.05, 3.63) is 12.2 Å². The third-order valence-corrected chi connectivity index (χ3v) is 7.16. The predicted molar refractivity (Wildman–Crippen MR) is 53.8 cm³/mol. The molecule has 5 atom stereocenters. The van der Waals surface area contributed by atoms with Crippen LogP contribution in [0.1, 0.15) is 6.42 Å². The molecule has 1 spiro atoms. The van der Waals surface area contributed by atoms with E-state index < -0.39 is 8.32 Å². The second-order valence-corrected chi connectivity index (χ2v) is 10.1. The van der Waals surface area contributed by atoms with Crippen molar-refractivity contribution in [2.24, 2.45) is 23.7 Å². The maximum absolute atomic E-state index is 6.49. The van der Waals surface area contributed by atoms with Gasteiger partial charge in [0, 0.05) is 11.8 Å². The average molecular weight is 192 g/mol. The SMILES string of the molecule is C[Si]1(C)C[C@H]2C[C@H]3C4C=CC2[C@]43O1. The van der Waals surface area contributed by atoms with Crippen LogP contribution in [-0.2, 0) is 4.43 Å². The second kappa shape index (κ2) is 1.70. The van der Waals surface area contributed by atoms with E-state index in [9.17, 15) is 0 Å². The van der Waals surface area contributed by atoms with Crippen LogP contribution in [0.25, 0.3) is 0 Å². The summed E-state index contributed by atoms with van der Waals surface area (Å²) < 4.78 is 6.49. The Morgan fingerprint density at radius 1 is 1.31 bits per heavy atom. The monoisotopic (exact) mass is 192 g/mol. The van der Waals surface area contributed by atoms with E-state index in [0.717, 1.165) is 23.7 Å². The van der Waals surface area contributed by atoms with Crippen LogP contribution in [-0.4, -0.2) is 13.9 Å². The van der Waals surface area contributed by atoms with E-state index >= 15 is 0 Å². The summed E-state index contributed by atoms with van der Waals surface area (Å²) in [4.78, 5) is 0. The molecule has 1 aliphatic heterocycles. The van der Waals surface area contributed by atoms with Crippen LogP contribution >= 0.6 is 0 Å². The minimum absolute atomic E-state index is 0.374. The molecule has 0 N–H and O–H groups in total. The van der Waals surface area contributed by atoms with Gasteiger partial charge in [-0.25, -0.2) is 0 Å². The highest BCUT2D eigenvalue weighted by atomic mass is 28.4. The van der Waals surface area contributed by atoms with E-state index in [0.29, 0.717) is 5.60 Å². The molecule has 4 aliphatic rings. The fourth-order valence-corrected chi connectivity index (χ4v) is 7.68. The summed E-state index contributed by atoms with van der Waals surface area (Å²) in [6.07, 6.45) is 6.38. The summed E-state index contributed by atoms with van der Waals surface area (Å²) >= 11 is 0. The molecule has 2 bridgehead atoms. The van der Waals surface area contributed by atoms with Crippen molar-refractivity contribution in [3.63, 3.8) is 0 Å². The zero-order valence-corrected chi connectivity index (χ0v) is 9.29. The first-order valence-corrected chi connectivity index (χ1v) is 8.63. The molecule has 3 aliphatic carbocycles. The molecule has 1 heterocycles. The second-order valence-electron chi connectivity index (χ2n) is 5.96. The van der Waals surface area contributed by atoms with Crippen molar-refractivity contribution in [1.29, 1.82) is 0 Å². The lowest BCUT2D eigenvalue weighted by molar-refractivity contribution is 0.0887. The lowest BCUT2D eigenvalue weighted by Gasteiger charge is -2.40. The molecule has 70 valence electrons. The fraction of sp³-hybridized carbons (Fsp3) is 0.818. The molecular formula is C11H16OSi. The van der Waals surface area contributed by atoms with Gasteiger partial charge in [0.1, 0.15) is 0 Å². The summed E-state index contributed by atoms with van der Waals surface area (Å²) in [6, 6.07) is 1.41. The van der Waals surface area contributed by atoms with Crippen molar-refractivity contribution < 1.29 is 4.43 Å². The van der Waals surface area contributed by atoms with Crippen molar-refractivity contribution in [3.8, 4) is 0 Å². The highest BCUT2D eigenvalue weighted by Gasteiger charge is 2.78. The molecule has 13 heavy (non-hydrogen) atoms. The molecule has 1 nitrogen and oxygen atoms in total. The van der Waals surface area contributed by atoms with E-state index in [-0.39, 0.29) is 0 Å². The number of fused-ring (bicyclic) bond motifs is 1. The minimum atomic E-state index is -1.27. The van der Waals surface area contributed by atoms with Crippen molar-refractivity contribution >= 4 is 8.32 Å². The molecule has 0 radical (unpaired) electrons. The van der Waals surface area contributed by atoms with E-state index in [1.54, 1.807) is 0 Å². The maximum atomic E-state index is 6.49. The summed E-state index contributed by atoms with van der Waals surface area (Å²) in [5.41, 5.74) is 0.374. The molecule has 2 heteroatoms. The van der Waals surface area contributed by atoms with Crippen molar-refractivity contribution in [1.82, 2.24) is 0 Å². The molecular weight excluding hydrogens is 176 g/mol. The maximum Gasteiger partial charge on any atom is 0.187 e. The summed E-state index contributed by atoms with van der Waals surface area (Å²) in [6.45, 7) is 4.81. The Balaban J connectivity index is 1.84. The molecule has 0 aromatic rings. The average Bonchev–Trinajstić information content (AvgIpc) is 2.36. The van der Waals surface area contributed by atoms with E-state index in [4.69, 9.17) is 4.43 Å². The first-order chi connectivity index (χ1) is 6.13. The fourth-order valence-electron chi connectivity index (χ4n) is 4.53. The molecule has 1 saturated heterocycles. The van der Waals surface area contributed by atoms with Gasteiger partial charge in [0.05, 0.1) is 5.60 Å². The van der Waals surface area contributed by atoms with Gasteiger partial charge >= 0.3 is 0 Å². The first-order valence-electron chi connectivity index (χ1n) is 5.52. The Morgan fingerprint density at radius 2 is 2.08 bits per heavy atom. The highest BCUT2D eigenvalue weighted by Crippen LogP contribution is 2.75. The molecule has 2 saturated carbocycles. The first kappa shape index (κ1) is 7.24. The Labute approximate surface area is 80.3 Å². The van der Waals surface area contributed by atoms with Gasteiger partial charge in [0.2, 0.25) is 0 Å². The lowest BCUT2D eigenvalue weighted by atomic mass is 9.93. The van der Waals surface area contributed by atoms with E-state index in [1.807, 2.05) is 0 Å². The summed E-state index contributed by atoms with van der Waals surface area (Å²) in [5.74, 6) is 3.58. The summed E-state index contributed by atoms with van der Waals surface area (Å²) in [7, 11) is -1.27. The molecule has 4 rings (SSSR count). The molecule has 0 amide bonds. The van der Waals surface area contributed by atoms with Crippen LogP contribution in [0.5, 0.6) is 0 Å². The quantitative estimate of drug-likeness (QED) is 0.423. The van der Waals surface area contributed by atoms with Crippen LogP contribution in [0.2, 0.25) is 19.1 Å². The van der Waals surface area contributed by atoms with Crippen LogP contribution in [0.15, 0.2) is 12.2 Å². The summed E-state index contributed by atoms with van der Waals surface area (Å²) in [5, 5.41) is 0. The Hall–Kier alpha value is -0.0831. The largest absolute Gasteiger partial charge is 0.410 e. The third-order valence-electron chi connectivity index (χ3n) is 4.74. The van der Waals surface area contributed by atoms with Gasteiger partial charge in [0.15, 0.2) is 8.32 Å². The smallest absolute Gasteiger partial charge is 0.187 e. The number of hydrogen-bond acceptors (Lipinski definition) is 1. The van der Waals surface area contributed by atoms with Crippen molar-refractivity contribution in [2.45, 2.75) is 31.2 Å². The van der Waals surface area contributed by atoms with Gasteiger partial charge < -0.3 is 4.43 Å². The predicted octanol–water partition coefficient (Wildman–Crippen LogP) is 2.41. The van der Waals surface area contributed by atoms with Gasteiger partial charge in [-0.05, 0) is 37.4 Å². The minimum Gasteiger partial charge on any atom is -0.410 e. The van der Waals surface area contributed by atoms with Gasteiger partial charge in [0.25, 0.3) is 0 Å². The highest BCUT2D eigenvalue weighted by molar-refractivity contribution is 6.71. The molecule has 0 aromatic carbocycles. The Kier molecular flexibility index (Phi) is 0.946. The third kappa shape index (κ3) is 0.608. The standard InChI is InChI=1S/C11H16OSi/c1-13(2)6-7-5-10-9-4-3-8(7)11(9,10)12-13/h3-4,7-10H,5-6H2,1-2H3/t7-,8?,9?,10+,11+/m1/s1. The van der Waals surface area contributed by atoms with Crippen molar-refractivity contribution in [2.75, 3.05) is 0 Å². The Morgan fingerprint density at radius 3 is 2.92 bits per heavy atom. The molecule has 0 aromatic heterocycles. The van der Waals surface area contributed by atoms with Gasteiger partial charge in [-0.2, -0.15) is 0 Å². The molecule has 3 fully saturated rings. The van der Waals surface area contributed by atoms with Crippen LogP contribution in [0.3, 0.4) is 0 Å². The lowest BCUT2D eigenvalue weighted by Crippen LogP contribution is -2.47.